The highest BCUT2D eigenvalue weighted by Crippen LogP contribution is 2.15. The molecule has 2 aromatic rings. The Bertz CT molecular complexity index is 818. The summed E-state index contributed by atoms with van der Waals surface area (Å²) in [6.45, 7) is 3.58. The van der Waals surface area contributed by atoms with Crippen molar-refractivity contribution in [2.24, 2.45) is 0 Å². The number of halogens is 1. The highest BCUT2D eigenvalue weighted by Gasteiger charge is 2.13. The number of hydrogen-bond donors (Lipinski definition) is 1. The highest BCUT2D eigenvalue weighted by atomic mass is 79.9. The fourth-order valence-electron chi connectivity index (χ4n) is 3.13. The van der Waals surface area contributed by atoms with Gasteiger partial charge in [-0.1, -0.05) is 52.3 Å². The van der Waals surface area contributed by atoms with E-state index in [2.05, 4.69) is 37.7 Å². The summed E-state index contributed by atoms with van der Waals surface area (Å²) < 4.78 is 28.2. The second-order valence-corrected chi connectivity index (χ2v) is 9.24. The van der Waals surface area contributed by atoms with E-state index in [1.807, 2.05) is 36.4 Å². The normalized spacial score (nSPS) is 15.6. The van der Waals surface area contributed by atoms with Gasteiger partial charge in [-0.3, -0.25) is 4.90 Å². The number of hydrogen-bond acceptors (Lipinski definition) is 3. The van der Waals surface area contributed by atoms with E-state index in [1.54, 1.807) is 0 Å². The number of sulfonamides is 1. The monoisotopic (exact) mass is 422 g/mol. The summed E-state index contributed by atoms with van der Waals surface area (Å²) in [6.07, 6.45) is 2.55. The minimum Gasteiger partial charge on any atom is -0.299 e. The Labute approximate surface area is 158 Å². The average molecular weight is 423 g/mol. The minimum atomic E-state index is -3.37. The molecule has 1 N–H and O–H groups in total. The molecule has 0 amide bonds. The van der Waals surface area contributed by atoms with E-state index in [0.29, 0.717) is 6.54 Å². The molecule has 0 radical (unpaired) electrons. The SMILES string of the molecule is O=S(=O)(Cc1cccc(Br)c1)NCc1cccc(CN2CCCC2)c1. The van der Waals surface area contributed by atoms with Crippen molar-refractivity contribution in [3.63, 3.8) is 0 Å². The molecule has 0 unspecified atom stereocenters. The molecular formula is C19H23BrN2O2S. The molecule has 3 rings (SSSR count). The molecule has 1 fully saturated rings. The molecule has 25 heavy (non-hydrogen) atoms. The molecule has 0 saturated carbocycles. The molecule has 1 heterocycles. The third-order valence-electron chi connectivity index (χ3n) is 4.34. The Morgan fingerprint density at radius 2 is 1.64 bits per heavy atom. The molecule has 0 aromatic heterocycles. The van der Waals surface area contributed by atoms with Crippen LogP contribution in [0.1, 0.15) is 29.5 Å². The Morgan fingerprint density at radius 3 is 2.40 bits per heavy atom. The van der Waals surface area contributed by atoms with Crippen LogP contribution in [0, 0.1) is 0 Å². The van der Waals surface area contributed by atoms with E-state index in [9.17, 15) is 8.42 Å². The number of likely N-dealkylation sites (tertiary alicyclic amines) is 1. The molecule has 2 aromatic carbocycles. The summed E-state index contributed by atoms with van der Waals surface area (Å²) in [6, 6.07) is 15.6. The van der Waals surface area contributed by atoms with Gasteiger partial charge in [-0.15, -0.1) is 0 Å². The molecule has 4 nitrogen and oxygen atoms in total. The highest BCUT2D eigenvalue weighted by molar-refractivity contribution is 9.10. The molecule has 6 heteroatoms. The minimum absolute atomic E-state index is 0.0140. The summed E-state index contributed by atoms with van der Waals surface area (Å²) in [5.74, 6) is -0.0140. The van der Waals surface area contributed by atoms with Crippen molar-refractivity contribution in [1.29, 1.82) is 0 Å². The molecular weight excluding hydrogens is 400 g/mol. The average Bonchev–Trinajstić information content (AvgIpc) is 3.06. The van der Waals surface area contributed by atoms with Gasteiger partial charge in [0.25, 0.3) is 0 Å². The summed E-state index contributed by atoms with van der Waals surface area (Å²) in [5.41, 5.74) is 3.00. The van der Waals surface area contributed by atoms with Crippen LogP contribution in [0.5, 0.6) is 0 Å². The number of rotatable bonds is 7. The van der Waals surface area contributed by atoms with Crippen LogP contribution < -0.4 is 4.72 Å². The molecule has 0 spiro atoms. The van der Waals surface area contributed by atoms with Gasteiger partial charge < -0.3 is 0 Å². The number of benzene rings is 2. The van der Waals surface area contributed by atoms with Crippen molar-refractivity contribution in [1.82, 2.24) is 9.62 Å². The van der Waals surface area contributed by atoms with Crippen molar-refractivity contribution >= 4 is 26.0 Å². The second-order valence-electron chi connectivity index (χ2n) is 6.51. The zero-order chi connectivity index (χ0) is 17.7. The quantitative estimate of drug-likeness (QED) is 0.740. The van der Waals surface area contributed by atoms with Crippen molar-refractivity contribution in [2.45, 2.75) is 31.7 Å². The van der Waals surface area contributed by atoms with Crippen molar-refractivity contribution in [3.8, 4) is 0 Å². The fraction of sp³-hybridized carbons (Fsp3) is 0.368. The van der Waals surface area contributed by atoms with Gasteiger partial charge in [0.2, 0.25) is 10.0 Å². The lowest BCUT2D eigenvalue weighted by molar-refractivity contribution is 0.331. The predicted molar refractivity (Wildman–Crippen MR) is 105 cm³/mol. The summed E-state index contributed by atoms with van der Waals surface area (Å²) in [5, 5.41) is 0. The van der Waals surface area contributed by atoms with Crippen LogP contribution in [0.2, 0.25) is 0 Å². The lowest BCUT2D eigenvalue weighted by Gasteiger charge is -2.15. The first-order valence-electron chi connectivity index (χ1n) is 8.52. The molecule has 1 aliphatic rings. The maximum atomic E-state index is 12.3. The van der Waals surface area contributed by atoms with Gasteiger partial charge in [0.1, 0.15) is 0 Å². The first kappa shape index (κ1) is 18.6. The van der Waals surface area contributed by atoms with Crippen molar-refractivity contribution < 1.29 is 8.42 Å². The lowest BCUT2D eigenvalue weighted by atomic mass is 10.1. The largest absolute Gasteiger partial charge is 0.299 e. The summed E-state index contributed by atoms with van der Waals surface area (Å²) in [4.78, 5) is 2.44. The smallest absolute Gasteiger partial charge is 0.216 e. The van der Waals surface area contributed by atoms with Crippen LogP contribution in [-0.4, -0.2) is 26.4 Å². The molecule has 0 bridgehead atoms. The second kappa shape index (κ2) is 8.45. The van der Waals surface area contributed by atoms with Crippen LogP contribution >= 0.6 is 15.9 Å². The zero-order valence-corrected chi connectivity index (χ0v) is 16.5. The number of nitrogens with one attached hydrogen (secondary N) is 1. The fourth-order valence-corrected chi connectivity index (χ4v) is 4.68. The van der Waals surface area contributed by atoms with Crippen LogP contribution in [0.3, 0.4) is 0 Å². The van der Waals surface area contributed by atoms with Crippen LogP contribution in [0.15, 0.2) is 53.0 Å². The Kier molecular flexibility index (Phi) is 6.28. The maximum absolute atomic E-state index is 12.3. The standard InChI is InChI=1S/C19H23BrN2O2S/c20-19-8-4-7-18(12-19)15-25(23,24)21-13-16-5-3-6-17(11-16)14-22-9-1-2-10-22/h3-8,11-12,21H,1-2,9-10,13-15H2. The van der Waals surface area contributed by atoms with Crippen LogP contribution in [0.25, 0.3) is 0 Å². The van der Waals surface area contributed by atoms with Crippen molar-refractivity contribution in [2.75, 3.05) is 13.1 Å². The predicted octanol–water partition coefficient (Wildman–Crippen LogP) is 3.66. The van der Waals surface area contributed by atoms with Gasteiger partial charge in [0.05, 0.1) is 5.75 Å². The molecule has 0 aliphatic carbocycles. The maximum Gasteiger partial charge on any atom is 0.216 e. The zero-order valence-electron chi connectivity index (χ0n) is 14.1. The summed E-state index contributed by atoms with van der Waals surface area (Å²) >= 11 is 3.37. The van der Waals surface area contributed by atoms with E-state index in [0.717, 1.165) is 35.2 Å². The van der Waals surface area contributed by atoms with Crippen molar-refractivity contribution in [3.05, 3.63) is 69.7 Å². The van der Waals surface area contributed by atoms with E-state index < -0.39 is 10.0 Å². The van der Waals surface area contributed by atoms with E-state index >= 15 is 0 Å². The van der Waals surface area contributed by atoms with Gasteiger partial charge >= 0.3 is 0 Å². The molecule has 1 aliphatic heterocycles. The number of nitrogens with zero attached hydrogens (tertiary/aromatic N) is 1. The van der Waals surface area contributed by atoms with Gasteiger partial charge in [0, 0.05) is 17.6 Å². The first-order chi connectivity index (χ1) is 12.0. The first-order valence-corrected chi connectivity index (χ1v) is 11.0. The molecule has 134 valence electrons. The third-order valence-corrected chi connectivity index (χ3v) is 6.13. The third kappa shape index (κ3) is 5.92. The van der Waals surface area contributed by atoms with Gasteiger partial charge in [-0.25, -0.2) is 13.1 Å². The Balaban J connectivity index is 1.58. The van der Waals surface area contributed by atoms with Crippen LogP contribution in [-0.2, 0) is 28.9 Å². The van der Waals surface area contributed by atoms with Gasteiger partial charge in [0.15, 0.2) is 0 Å². The topological polar surface area (TPSA) is 49.4 Å². The summed E-state index contributed by atoms with van der Waals surface area (Å²) in [7, 11) is -3.37. The Morgan fingerprint density at radius 1 is 0.960 bits per heavy atom. The lowest BCUT2D eigenvalue weighted by Crippen LogP contribution is -2.25. The molecule has 1 saturated heterocycles. The van der Waals surface area contributed by atoms with Gasteiger partial charge in [-0.05, 0) is 54.8 Å². The van der Waals surface area contributed by atoms with E-state index in [4.69, 9.17) is 0 Å². The van der Waals surface area contributed by atoms with Crippen LogP contribution in [0.4, 0.5) is 0 Å². The van der Waals surface area contributed by atoms with E-state index in [1.165, 1.54) is 18.4 Å². The Hall–Kier alpha value is -1.21. The van der Waals surface area contributed by atoms with E-state index in [-0.39, 0.29) is 5.75 Å². The molecule has 0 atom stereocenters. The van der Waals surface area contributed by atoms with Gasteiger partial charge in [-0.2, -0.15) is 0 Å².